The molecule has 34 heavy (non-hydrogen) atoms. The van der Waals surface area contributed by atoms with E-state index in [1.165, 1.54) is 20.5 Å². The number of carboxylic acid groups (broad SMARTS) is 1. The number of hydrogen-bond acceptors (Lipinski definition) is 7. The first-order valence-electron chi connectivity index (χ1n) is 10.9. The fourth-order valence-corrected chi connectivity index (χ4v) is 5.18. The van der Waals surface area contributed by atoms with Gasteiger partial charge in [0.15, 0.2) is 0 Å². The Labute approximate surface area is 224 Å². The van der Waals surface area contributed by atoms with Gasteiger partial charge in [-0.2, -0.15) is 0 Å². The maximum Gasteiger partial charge on any atom is 1.00 e. The summed E-state index contributed by atoms with van der Waals surface area (Å²) in [5.74, 6) is -0.133. The fourth-order valence-electron chi connectivity index (χ4n) is 4.34. The van der Waals surface area contributed by atoms with Crippen LogP contribution in [0.4, 0.5) is 5.69 Å². The van der Waals surface area contributed by atoms with Gasteiger partial charge >= 0.3 is 41.2 Å². The SMILES string of the molecule is COc1ccccc1N1CCN(CCn2c(=O)c3c(C)scc3n(CCC(=O)O)c2=O)CC1.[H-].[Na+]. The largest absolute Gasteiger partial charge is 1.00 e. The Morgan fingerprint density at radius 2 is 1.79 bits per heavy atom. The summed E-state index contributed by atoms with van der Waals surface area (Å²) in [7, 11) is 1.67. The molecule has 1 fully saturated rings. The summed E-state index contributed by atoms with van der Waals surface area (Å²) >= 11 is 1.40. The van der Waals surface area contributed by atoms with Crippen LogP contribution in [0.25, 0.3) is 10.9 Å². The predicted octanol–water partition coefficient (Wildman–Crippen LogP) is -1.04. The Kier molecular flexibility index (Phi) is 9.00. The van der Waals surface area contributed by atoms with Crippen molar-refractivity contribution in [3.63, 3.8) is 0 Å². The van der Waals surface area contributed by atoms with E-state index in [0.29, 0.717) is 17.4 Å². The molecule has 178 valence electrons. The number of methoxy groups -OCH3 is 1. The number of ether oxygens (including phenoxy) is 1. The fraction of sp³-hybridized carbons (Fsp3) is 0.435. The summed E-state index contributed by atoms with van der Waals surface area (Å²) < 4.78 is 8.16. The van der Waals surface area contributed by atoms with Crippen LogP contribution in [0.2, 0.25) is 0 Å². The molecule has 4 rings (SSSR count). The van der Waals surface area contributed by atoms with Crippen molar-refractivity contribution in [1.29, 1.82) is 0 Å². The van der Waals surface area contributed by atoms with Crippen LogP contribution >= 0.6 is 11.3 Å². The van der Waals surface area contributed by atoms with Crippen molar-refractivity contribution in [2.24, 2.45) is 0 Å². The van der Waals surface area contributed by atoms with Crippen molar-refractivity contribution in [2.45, 2.75) is 26.4 Å². The number of thiophene rings is 1. The van der Waals surface area contributed by atoms with Crippen LogP contribution in [0.3, 0.4) is 0 Å². The van der Waals surface area contributed by atoms with Gasteiger partial charge in [0.2, 0.25) is 0 Å². The molecule has 1 N–H and O–H groups in total. The maximum absolute atomic E-state index is 13.1. The minimum absolute atomic E-state index is 0. The standard InChI is InChI=1S/C23H28N4O5S.Na.H/c1-16-21-18(15-33-16)26(8-7-20(28)29)23(31)27(22(21)30)14-11-24-9-12-25(13-10-24)17-5-3-4-6-19(17)32-2;;/h3-6,15H,7-14H2,1-2H3,(H,28,29);;/q;+1;-1. The third-order valence-corrected chi connectivity index (χ3v) is 7.05. The quantitative estimate of drug-likeness (QED) is 0.398. The summed E-state index contributed by atoms with van der Waals surface area (Å²) in [6.45, 7) is 5.98. The number of aromatic nitrogens is 2. The van der Waals surface area contributed by atoms with Crippen LogP contribution in [-0.2, 0) is 17.9 Å². The molecule has 0 bridgehead atoms. The molecular weight excluding hydrogens is 467 g/mol. The van der Waals surface area contributed by atoms with Crippen LogP contribution < -0.4 is 50.4 Å². The van der Waals surface area contributed by atoms with Gasteiger partial charge in [0, 0.05) is 56.1 Å². The van der Waals surface area contributed by atoms with Crippen molar-refractivity contribution >= 4 is 33.9 Å². The number of aryl methyl sites for hydroxylation is 2. The monoisotopic (exact) mass is 496 g/mol. The van der Waals surface area contributed by atoms with Gasteiger partial charge < -0.3 is 16.2 Å². The van der Waals surface area contributed by atoms with Crippen molar-refractivity contribution in [1.82, 2.24) is 14.0 Å². The molecule has 0 spiro atoms. The van der Waals surface area contributed by atoms with Crippen LogP contribution in [0.5, 0.6) is 5.75 Å². The van der Waals surface area contributed by atoms with E-state index >= 15 is 0 Å². The molecule has 3 aromatic rings. The molecule has 0 saturated carbocycles. The molecule has 9 nitrogen and oxygen atoms in total. The van der Waals surface area contributed by atoms with Crippen LogP contribution in [0, 0.1) is 6.92 Å². The zero-order valence-corrected chi connectivity index (χ0v) is 22.6. The van der Waals surface area contributed by atoms with Gasteiger partial charge in [-0.3, -0.25) is 23.6 Å². The number of piperazine rings is 1. The van der Waals surface area contributed by atoms with E-state index in [-0.39, 0.29) is 56.1 Å². The molecule has 1 aliphatic heterocycles. The first-order chi connectivity index (χ1) is 15.9. The second-order valence-corrected chi connectivity index (χ2v) is 9.17. The van der Waals surface area contributed by atoms with Gasteiger partial charge in [-0.25, -0.2) is 4.79 Å². The maximum atomic E-state index is 13.1. The Morgan fingerprint density at radius 3 is 2.47 bits per heavy atom. The van der Waals surface area contributed by atoms with Crippen molar-refractivity contribution < 1.29 is 45.6 Å². The topological polar surface area (TPSA) is 97.0 Å². The van der Waals surface area contributed by atoms with Gasteiger partial charge in [-0.05, 0) is 19.1 Å². The summed E-state index contributed by atoms with van der Waals surface area (Å²) in [6.07, 6.45) is -0.174. The smallest absolute Gasteiger partial charge is 1.00 e. The van der Waals surface area contributed by atoms with Gasteiger partial charge in [-0.1, -0.05) is 12.1 Å². The van der Waals surface area contributed by atoms with Crippen molar-refractivity contribution in [3.8, 4) is 5.75 Å². The first-order valence-corrected chi connectivity index (χ1v) is 11.8. The van der Waals surface area contributed by atoms with Gasteiger partial charge in [0.25, 0.3) is 5.56 Å². The molecule has 1 aliphatic rings. The normalized spacial score (nSPS) is 14.2. The number of rotatable bonds is 8. The van der Waals surface area contributed by atoms with Crippen LogP contribution in [0.1, 0.15) is 12.7 Å². The van der Waals surface area contributed by atoms with Crippen LogP contribution in [-0.4, -0.2) is 64.9 Å². The minimum atomic E-state index is -0.979. The van der Waals surface area contributed by atoms with E-state index in [0.717, 1.165) is 42.5 Å². The predicted molar refractivity (Wildman–Crippen MR) is 130 cm³/mol. The molecule has 0 atom stereocenters. The molecular formula is C23H29N4NaO5S. The molecule has 1 aromatic carbocycles. The van der Waals surface area contributed by atoms with Crippen LogP contribution in [0.15, 0.2) is 39.2 Å². The van der Waals surface area contributed by atoms with Gasteiger partial charge in [0.05, 0.1) is 30.1 Å². The zero-order chi connectivity index (χ0) is 23.5. The number of fused-ring (bicyclic) bond motifs is 1. The minimum Gasteiger partial charge on any atom is -1.00 e. The number of hydrogen-bond donors (Lipinski definition) is 1. The number of nitrogens with zero attached hydrogens (tertiary/aromatic N) is 4. The van der Waals surface area contributed by atoms with Gasteiger partial charge in [-0.15, -0.1) is 11.3 Å². The molecule has 3 heterocycles. The number of para-hydroxylation sites is 2. The average Bonchev–Trinajstić information content (AvgIpc) is 3.20. The van der Waals surface area contributed by atoms with Crippen molar-refractivity contribution in [3.05, 3.63) is 55.4 Å². The number of aliphatic carboxylic acids is 1. The summed E-state index contributed by atoms with van der Waals surface area (Å²) in [4.78, 5) is 42.6. The van der Waals surface area contributed by atoms with E-state index in [1.807, 2.05) is 31.2 Å². The molecule has 2 aromatic heterocycles. The van der Waals surface area contributed by atoms with E-state index in [1.54, 1.807) is 12.5 Å². The Bertz CT molecular complexity index is 1280. The number of carboxylic acids is 1. The average molecular weight is 497 g/mol. The Morgan fingerprint density at radius 1 is 1.09 bits per heavy atom. The van der Waals surface area contributed by atoms with E-state index in [9.17, 15) is 14.4 Å². The number of carbonyl (C=O) groups is 1. The summed E-state index contributed by atoms with van der Waals surface area (Å²) in [5.41, 5.74) is 0.846. The Balaban J connectivity index is 0.00000216. The van der Waals surface area contributed by atoms with E-state index in [4.69, 9.17) is 9.84 Å². The second-order valence-electron chi connectivity index (χ2n) is 8.09. The second kappa shape index (κ2) is 11.5. The zero-order valence-electron chi connectivity index (χ0n) is 20.8. The molecule has 0 radical (unpaired) electrons. The first kappa shape index (κ1) is 26.5. The number of benzene rings is 1. The molecule has 0 aliphatic carbocycles. The summed E-state index contributed by atoms with van der Waals surface area (Å²) in [6, 6.07) is 7.94. The third-order valence-electron chi connectivity index (χ3n) is 6.15. The Hall–Kier alpha value is -2.11. The number of anilines is 1. The van der Waals surface area contributed by atoms with E-state index < -0.39 is 11.7 Å². The molecule has 1 saturated heterocycles. The molecule has 0 amide bonds. The van der Waals surface area contributed by atoms with Gasteiger partial charge in [0.1, 0.15) is 5.75 Å². The molecule has 0 unspecified atom stereocenters. The van der Waals surface area contributed by atoms with E-state index in [2.05, 4.69) is 9.80 Å². The third kappa shape index (κ3) is 5.41. The van der Waals surface area contributed by atoms with Crippen molar-refractivity contribution in [2.75, 3.05) is 44.7 Å². The molecule has 11 heteroatoms. The summed E-state index contributed by atoms with van der Waals surface area (Å²) in [5, 5.41) is 11.3.